The van der Waals surface area contributed by atoms with Crippen molar-refractivity contribution in [3.8, 4) is 5.75 Å². The van der Waals surface area contributed by atoms with Gasteiger partial charge in [-0.25, -0.2) is 0 Å². The Labute approximate surface area is 198 Å². The molecule has 2 aliphatic rings. The number of rotatable bonds is 6. The van der Waals surface area contributed by atoms with E-state index in [-0.39, 0.29) is 36.0 Å². The van der Waals surface area contributed by atoms with Gasteiger partial charge in [0.25, 0.3) is 5.91 Å². The molecule has 3 heterocycles. The third-order valence-electron chi connectivity index (χ3n) is 5.83. The fraction of sp³-hybridized carbons (Fsp3) is 0.524. The van der Waals surface area contributed by atoms with Crippen LogP contribution < -0.4 is 48.3 Å². The van der Waals surface area contributed by atoms with Crippen LogP contribution in [0.15, 0.2) is 24.3 Å². The number of hydrazine groups is 1. The lowest BCUT2D eigenvalue weighted by Gasteiger charge is -2.36. The van der Waals surface area contributed by atoms with Gasteiger partial charge >= 0.3 is 0 Å². The lowest BCUT2D eigenvalue weighted by molar-refractivity contribution is 0.0962. The number of methoxy groups -OCH3 is 1. The van der Waals surface area contributed by atoms with Crippen LogP contribution in [0.5, 0.6) is 5.75 Å². The van der Waals surface area contributed by atoms with Gasteiger partial charge in [0, 0.05) is 55.9 Å². The molecule has 1 aromatic carbocycles. The standard InChI is InChI=1S/C21H33N11O2/c1-34-17-4-2-3-12(5-17)18(33)29-30-19-26-20(31-8-13(22)6-14(23)9-31)28-21(27-19)32-10-15(24)7-16(25)11-32/h2-5,13-16H,6-11,22-25H2,1H3,(H,29,33)(H,26,27,28,30)/t13-,14+,15-,16+. The Morgan fingerprint density at radius 2 is 1.44 bits per heavy atom. The van der Waals surface area contributed by atoms with E-state index < -0.39 is 0 Å². The van der Waals surface area contributed by atoms with Gasteiger partial charge in [0.2, 0.25) is 17.8 Å². The monoisotopic (exact) mass is 471 g/mol. The van der Waals surface area contributed by atoms with E-state index in [9.17, 15) is 4.79 Å². The highest BCUT2D eigenvalue weighted by molar-refractivity contribution is 5.95. The fourth-order valence-corrected chi connectivity index (χ4v) is 4.33. The summed E-state index contributed by atoms with van der Waals surface area (Å²) in [6, 6.07) is 6.44. The van der Waals surface area contributed by atoms with Crippen molar-refractivity contribution in [2.45, 2.75) is 37.0 Å². The van der Waals surface area contributed by atoms with Gasteiger partial charge in [-0.15, -0.1) is 0 Å². The van der Waals surface area contributed by atoms with Gasteiger partial charge in [0.15, 0.2) is 0 Å². The number of carbonyl (C=O) groups is 1. The predicted octanol–water partition coefficient (Wildman–Crippen LogP) is -1.63. The largest absolute Gasteiger partial charge is 0.497 e. The molecule has 0 unspecified atom stereocenters. The minimum Gasteiger partial charge on any atom is -0.497 e. The average molecular weight is 472 g/mol. The summed E-state index contributed by atoms with van der Waals surface area (Å²) >= 11 is 0. The quantitative estimate of drug-likeness (QED) is 0.263. The normalized spacial score (nSPS) is 25.1. The number of amides is 1. The van der Waals surface area contributed by atoms with Crippen LogP contribution in [0.25, 0.3) is 0 Å². The lowest BCUT2D eigenvalue weighted by Crippen LogP contribution is -2.54. The molecule has 10 N–H and O–H groups in total. The molecule has 2 aromatic rings. The van der Waals surface area contributed by atoms with E-state index in [0.717, 1.165) is 12.8 Å². The van der Waals surface area contributed by atoms with Gasteiger partial charge in [-0.2, -0.15) is 15.0 Å². The first-order valence-corrected chi connectivity index (χ1v) is 11.3. The maximum atomic E-state index is 12.6. The van der Waals surface area contributed by atoms with E-state index in [1.165, 1.54) is 0 Å². The number of carbonyl (C=O) groups excluding carboxylic acids is 1. The highest BCUT2D eigenvalue weighted by Crippen LogP contribution is 2.22. The van der Waals surface area contributed by atoms with Crippen LogP contribution in [0.1, 0.15) is 23.2 Å². The van der Waals surface area contributed by atoms with Crippen LogP contribution in [0.4, 0.5) is 17.8 Å². The van der Waals surface area contributed by atoms with Crippen molar-refractivity contribution < 1.29 is 9.53 Å². The molecule has 0 spiro atoms. The Kier molecular flexibility index (Phi) is 7.26. The van der Waals surface area contributed by atoms with Crippen LogP contribution in [-0.2, 0) is 0 Å². The van der Waals surface area contributed by atoms with Crippen molar-refractivity contribution in [2.75, 3.05) is 48.5 Å². The first kappa shape index (κ1) is 23.9. The maximum Gasteiger partial charge on any atom is 0.269 e. The molecular weight excluding hydrogens is 438 g/mol. The van der Waals surface area contributed by atoms with E-state index in [1.807, 2.05) is 9.80 Å². The number of benzene rings is 1. The van der Waals surface area contributed by atoms with Crippen molar-refractivity contribution in [3.63, 3.8) is 0 Å². The van der Waals surface area contributed by atoms with Gasteiger partial charge < -0.3 is 37.5 Å². The highest BCUT2D eigenvalue weighted by atomic mass is 16.5. The minimum absolute atomic E-state index is 0.0926. The second-order valence-electron chi connectivity index (χ2n) is 8.89. The third-order valence-corrected chi connectivity index (χ3v) is 5.83. The fourth-order valence-electron chi connectivity index (χ4n) is 4.33. The molecule has 0 bridgehead atoms. The number of nitrogens with two attached hydrogens (primary N) is 4. The van der Waals surface area contributed by atoms with Crippen molar-refractivity contribution >= 4 is 23.8 Å². The van der Waals surface area contributed by atoms with E-state index in [2.05, 4.69) is 25.8 Å². The molecule has 4 rings (SSSR count). The molecule has 2 aliphatic heterocycles. The van der Waals surface area contributed by atoms with Gasteiger partial charge in [-0.05, 0) is 31.0 Å². The highest BCUT2D eigenvalue weighted by Gasteiger charge is 2.28. The van der Waals surface area contributed by atoms with Crippen molar-refractivity contribution in [1.82, 2.24) is 20.4 Å². The van der Waals surface area contributed by atoms with Crippen molar-refractivity contribution in [2.24, 2.45) is 22.9 Å². The number of anilines is 3. The molecule has 0 aliphatic carbocycles. The summed E-state index contributed by atoms with van der Waals surface area (Å²) < 4.78 is 5.18. The Morgan fingerprint density at radius 3 is 1.94 bits per heavy atom. The number of aromatic nitrogens is 3. The molecule has 34 heavy (non-hydrogen) atoms. The van der Waals surface area contributed by atoms with Crippen LogP contribution >= 0.6 is 0 Å². The average Bonchev–Trinajstić information content (AvgIpc) is 2.81. The first-order chi connectivity index (χ1) is 16.3. The molecule has 1 amide bonds. The zero-order valence-electron chi connectivity index (χ0n) is 19.2. The lowest BCUT2D eigenvalue weighted by atomic mass is 10.0. The van der Waals surface area contributed by atoms with Gasteiger partial charge in [-0.1, -0.05) is 6.07 Å². The second-order valence-corrected chi connectivity index (χ2v) is 8.89. The number of nitrogens with zero attached hydrogens (tertiary/aromatic N) is 5. The Bertz CT molecular complexity index is 942. The number of piperidine rings is 2. The summed E-state index contributed by atoms with van der Waals surface area (Å²) in [5.41, 5.74) is 30.6. The zero-order chi connectivity index (χ0) is 24.2. The van der Waals surface area contributed by atoms with Gasteiger partial charge in [0.05, 0.1) is 7.11 Å². The van der Waals surface area contributed by atoms with E-state index in [4.69, 9.17) is 27.7 Å². The van der Waals surface area contributed by atoms with Gasteiger partial charge in [-0.3, -0.25) is 15.6 Å². The van der Waals surface area contributed by atoms with Crippen molar-refractivity contribution in [1.29, 1.82) is 0 Å². The smallest absolute Gasteiger partial charge is 0.269 e. The first-order valence-electron chi connectivity index (χ1n) is 11.3. The molecule has 4 atom stereocenters. The summed E-state index contributed by atoms with van der Waals surface area (Å²) in [7, 11) is 1.54. The van der Waals surface area contributed by atoms with Crippen LogP contribution in [0, 0.1) is 0 Å². The number of ether oxygens (including phenoxy) is 1. The summed E-state index contributed by atoms with van der Waals surface area (Å²) in [4.78, 5) is 30.2. The van der Waals surface area contributed by atoms with E-state index in [1.54, 1.807) is 31.4 Å². The Balaban J connectivity index is 1.58. The molecular formula is C21H33N11O2. The molecule has 1 aromatic heterocycles. The summed E-state index contributed by atoms with van der Waals surface area (Å²) in [5.74, 6) is 1.22. The SMILES string of the molecule is COc1cccc(C(=O)NNc2nc(N3C[C@H](N)C[C@H](N)C3)nc(N3C[C@H](N)C[C@H](N)C3)n2)c1. The second kappa shape index (κ2) is 10.3. The van der Waals surface area contributed by atoms with Crippen molar-refractivity contribution in [3.05, 3.63) is 29.8 Å². The maximum absolute atomic E-state index is 12.6. The molecule has 13 heteroatoms. The summed E-state index contributed by atoms with van der Waals surface area (Å²) in [6.45, 7) is 2.25. The molecule has 2 fully saturated rings. The van der Waals surface area contributed by atoms with E-state index in [0.29, 0.717) is 49.4 Å². The van der Waals surface area contributed by atoms with Gasteiger partial charge in [0.1, 0.15) is 5.75 Å². The van der Waals surface area contributed by atoms with Crippen LogP contribution in [-0.4, -0.2) is 78.3 Å². The molecule has 184 valence electrons. The minimum atomic E-state index is -0.369. The Hall–Kier alpha value is -3.26. The summed E-state index contributed by atoms with van der Waals surface area (Å²) in [5, 5.41) is 0. The zero-order valence-corrected chi connectivity index (χ0v) is 19.2. The molecule has 0 radical (unpaired) electrons. The summed E-state index contributed by atoms with van der Waals surface area (Å²) in [6.07, 6.45) is 1.46. The van der Waals surface area contributed by atoms with E-state index >= 15 is 0 Å². The van der Waals surface area contributed by atoms with Crippen LogP contribution in [0.3, 0.4) is 0 Å². The number of hydrogen-bond acceptors (Lipinski definition) is 12. The molecule has 0 saturated carbocycles. The third kappa shape index (κ3) is 5.80. The number of nitrogens with one attached hydrogen (secondary N) is 2. The molecule has 2 saturated heterocycles. The topological polar surface area (TPSA) is 200 Å². The predicted molar refractivity (Wildman–Crippen MR) is 129 cm³/mol. The number of hydrogen-bond donors (Lipinski definition) is 6. The molecule has 13 nitrogen and oxygen atoms in total. The Morgan fingerprint density at radius 1 is 0.912 bits per heavy atom. The van der Waals surface area contributed by atoms with Crippen LogP contribution in [0.2, 0.25) is 0 Å².